The Balaban J connectivity index is 0.000000321. The highest BCUT2D eigenvalue weighted by atomic mass is 19.4. The summed E-state index contributed by atoms with van der Waals surface area (Å²) in [5.41, 5.74) is 3.13. The number of para-hydroxylation sites is 1. The number of carboxylic acid groups (broad SMARTS) is 1. The number of alkyl halides is 3. The quantitative estimate of drug-likeness (QED) is 0.702. The average molecular weight is 384 g/mol. The first-order chi connectivity index (χ1) is 12.7. The molecule has 0 atom stereocenters. The molecule has 2 aromatic heterocycles. The van der Waals surface area contributed by atoms with E-state index in [4.69, 9.17) is 14.4 Å². The molecule has 0 amide bonds. The Morgan fingerprint density at radius 3 is 2.59 bits per heavy atom. The Morgan fingerprint density at radius 1 is 1.33 bits per heavy atom. The number of hydrogen-bond donors (Lipinski definition) is 2. The van der Waals surface area contributed by atoms with E-state index in [2.05, 4.69) is 33.4 Å². The van der Waals surface area contributed by atoms with Crippen molar-refractivity contribution in [1.29, 1.82) is 0 Å². The molecule has 0 aliphatic heterocycles. The largest absolute Gasteiger partial charge is 0.490 e. The zero-order valence-corrected chi connectivity index (χ0v) is 14.7. The van der Waals surface area contributed by atoms with Crippen LogP contribution < -0.4 is 0 Å². The highest BCUT2D eigenvalue weighted by molar-refractivity contribution is 5.81. The Bertz CT molecular complexity index is 889. The maximum absolute atomic E-state index is 10.6. The summed E-state index contributed by atoms with van der Waals surface area (Å²) in [5, 5.41) is 19.7. The molecule has 0 fully saturated rings. The summed E-state index contributed by atoms with van der Waals surface area (Å²) < 4.78 is 37.0. The van der Waals surface area contributed by atoms with Crippen LogP contribution in [0.3, 0.4) is 0 Å². The Hall–Kier alpha value is -2.88. The minimum Gasteiger partial charge on any atom is -0.475 e. The second-order valence-corrected chi connectivity index (χ2v) is 5.94. The van der Waals surface area contributed by atoms with Gasteiger partial charge in [-0.3, -0.25) is 10.00 Å². The molecule has 1 aromatic carbocycles. The number of carbonyl (C=O) groups is 1. The van der Waals surface area contributed by atoms with E-state index in [1.165, 1.54) is 11.1 Å². The predicted octanol–water partition coefficient (Wildman–Crippen LogP) is 3.17. The first-order valence-corrected chi connectivity index (χ1v) is 7.99. The minimum absolute atomic E-state index is 0.771. The zero-order chi connectivity index (χ0) is 20.0. The number of hydrogen-bond acceptors (Lipinski definition) is 5. The fraction of sp³-hybridized carbons (Fsp3) is 0.353. The average Bonchev–Trinajstić information content (AvgIpc) is 3.19. The Kier molecular flexibility index (Phi) is 6.56. The third-order valence-corrected chi connectivity index (χ3v) is 3.63. The molecule has 0 saturated heterocycles. The van der Waals surface area contributed by atoms with E-state index in [0.717, 1.165) is 36.5 Å². The molecule has 3 rings (SSSR count). The van der Waals surface area contributed by atoms with Gasteiger partial charge in [0.05, 0.1) is 17.8 Å². The molecule has 0 unspecified atom stereocenters. The van der Waals surface area contributed by atoms with Crippen LogP contribution in [0.4, 0.5) is 13.2 Å². The fourth-order valence-corrected chi connectivity index (χ4v) is 2.34. The van der Waals surface area contributed by atoms with Crippen molar-refractivity contribution in [2.24, 2.45) is 0 Å². The van der Waals surface area contributed by atoms with Crippen LogP contribution in [0, 0.1) is 6.92 Å². The van der Waals surface area contributed by atoms with Gasteiger partial charge in [-0.2, -0.15) is 18.3 Å². The van der Waals surface area contributed by atoms with Crippen LogP contribution in [0.5, 0.6) is 0 Å². The van der Waals surface area contributed by atoms with Crippen molar-refractivity contribution in [3.8, 4) is 0 Å². The SMILES string of the molecule is Cc1cc(CN(C)CCc2[nH]nc3ccccc23)on1.O=C(O)C(F)(F)F. The molecule has 0 aliphatic carbocycles. The molecule has 27 heavy (non-hydrogen) atoms. The van der Waals surface area contributed by atoms with Gasteiger partial charge in [0.25, 0.3) is 0 Å². The van der Waals surface area contributed by atoms with Crippen LogP contribution in [0.15, 0.2) is 34.9 Å². The number of nitrogens with zero attached hydrogens (tertiary/aromatic N) is 3. The molecule has 2 heterocycles. The summed E-state index contributed by atoms with van der Waals surface area (Å²) >= 11 is 0. The van der Waals surface area contributed by atoms with Gasteiger partial charge in [0.1, 0.15) is 0 Å². The lowest BCUT2D eigenvalue weighted by Crippen LogP contribution is -2.21. The summed E-state index contributed by atoms with van der Waals surface area (Å²) in [6, 6.07) is 10.2. The number of H-pyrrole nitrogens is 1. The van der Waals surface area contributed by atoms with E-state index in [9.17, 15) is 13.2 Å². The van der Waals surface area contributed by atoms with E-state index in [0.29, 0.717) is 0 Å². The van der Waals surface area contributed by atoms with Crippen molar-refractivity contribution < 1.29 is 27.6 Å². The molecule has 0 saturated carbocycles. The van der Waals surface area contributed by atoms with Gasteiger partial charge in [0.15, 0.2) is 5.76 Å². The normalized spacial score (nSPS) is 11.5. The molecule has 0 spiro atoms. The Morgan fingerprint density at radius 2 is 2.00 bits per heavy atom. The van der Waals surface area contributed by atoms with Crippen molar-refractivity contribution in [3.05, 3.63) is 47.5 Å². The van der Waals surface area contributed by atoms with Crippen LogP contribution in [0.2, 0.25) is 0 Å². The first kappa shape index (κ1) is 20.4. The van der Waals surface area contributed by atoms with Gasteiger partial charge in [0.2, 0.25) is 0 Å². The lowest BCUT2D eigenvalue weighted by Gasteiger charge is -2.13. The summed E-state index contributed by atoms with van der Waals surface area (Å²) in [7, 11) is 2.08. The molecular formula is C17H19F3N4O3. The number of benzene rings is 1. The molecule has 146 valence electrons. The third-order valence-electron chi connectivity index (χ3n) is 3.63. The van der Waals surface area contributed by atoms with Gasteiger partial charge in [-0.15, -0.1) is 0 Å². The van der Waals surface area contributed by atoms with E-state index in [1.807, 2.05) is 31.2 Å². The monoisotopic (exact) mass is 384 g/mol. The molecule has 2 N–H and O–H groups in total. The second-order valence-electron chi connectivity index (χ2n) is 5.94. The Labute approximate surface area is 152 Å². The van der Waals surface area contributed by atoms with Crippen LogP contribution in [0.25, 0.3) is 10.9 Å². The maximum Gasteiger partial charge on any atom is 0.490 e. The van der Waals surface area contributed by atoms with Crippen LogP contribution in [-0.2, 0) is 17.8 Å². The maximum atomic E-state index is 10.6. The number of halogens is 3. The first-order valence-electron chi connectivity index (χ1n) is 7.99. The van der Waals surface area contributed by atoms with E-state index in [1.54, 1.807) is 0 Å². The number of rotatable bonds is 5. The number of likely N-dealkylation sites (N-methyl/N-ethyl adjacent to an activating group) is 1. The van der Waals surface area contributed by atoms with Gasteiger partial charge in [-0.25, -0.2) is 4.79 Å². The van der Waals surface area contributed by atoms with Crippen LogP contribution in [-0.4, -0.2) is 51.1 Å². The van der Waals surface area contributed by atoms with Crippen molar-refractivity contribution in [1.82, 2.24) is 20.3 Å². The van der Waals surface area contributed by atoms with Crippen LogP contribution >= 0.6 is 0 Å². The van der Waals surface area contributed by atoms with Crippen LogP contribution in [0.1, 0.15) is 17.1 Å². The number of nitrogens with one attached hydrogen (secondary N) is 1. The molecule has 3 aromatic rings. The smallest absolute Gasteiger partial charge is 0.475 e. The molecule has 0 bridgehead atoms. The number of carboxylic acids is 1. The summed E-state index contributed by atoms with van der Waals surface area (Å²) in [6.45, 7) is 3.64. The predicted molar refractivity (Wildman–Crippen MR) is 91.1 cm³/mol. The van der Waals surface area contributed by atoms with E-state index in [-0.39, 0.29) is 0 Å². The number of aromatic amines is 1. The lowest BCUT2D eigenvalue weighted by atomic mass is 10.1. The molecule has 0 aliphatic rings. The number of aliphatic carboxylic acids is 1. The fourth-order valence-electron chi connectivity index (χ4n) is 2.34. The molecule has 7 nitrogen and oxygen atoms in total. The third kappa shape index (κ3) is 6.10. The molecule has 10 heteroatoms. The standard InChI is InChI=1S/C15H18N4O.C2HF3O2/c1-11-9-12(20-18-11)10-19(2)8-7-15-13-5-3-4-6-14(13)16-17-15;3-2(4,5)1(6)7/h3-6,9H,7-8,10H2,1-2H3,(H,16,17);(H,6,7). The highest BCUT2D eigenvalue weighted by Gasteiger charge is 2.38. The minimum atomic E-state index is -5.08. The van der Waals surface area contributed by atoms with Gasteiger partial charge >= 0.3 is 12.1 Å². The van der Waals surface area contributed by atoms with Crippen molar-refractivity contribution in [2.75, 3.05) is 13.6 Å². The van der Waals surface area contributed by atoms with Crippen molar-refractivity contribution >= 4 is 16.9 Å². The van der Waals surface area contributed by atoms with E-state index >= 15 is 0 Å². The van der Waals surface area contributed by atoms with Gasteiger partial charge < -0.3 is 9.63 Å². The summed E-state index contributed by atoms with van der Waals surface area (Å²) in [6.07, 6.45) is -4.15. The lowest BCUT2D eigenvalue weighted by molar-refractivity contribution is -0.192. The van der Waals surface area contributed by atoms with E-state index < -0.39 is 12.1 Å². The number of aryl methyl sites for hydroxylation is 1. The van der Waals surface area contributed by atoms with Crippen molar-refractivity contribution in [3.63, 3.8) is 0 Å². The number of aromatic nitrogens is 3. The molecular weight excluding hydrogens is 365 g/mol. The second kappa shape index (κ2) is 8.67. The molecule has 0 radical (unpaired) electrons. The summed E-state index contributed by atoms with van der Waals surface area (Å²) in [5.74, 6) is -1.85. The zero-order valence-electron chi connectivity index (χ0n) is 14.7. The van der Waals surface area contributed by atoms with Gasteiger partial charge in [-0.05, 0) is 20.0 Å². The highest BCUT2D eigenvalue weighted by Crippen LogP contribution is 2.16. The van der Waals surface area contributed by atoms with Gasteiger partial charge in [0, 0.05) is 30.1 Å². The number of fused-ring (bicyclic) bond motifs is 1. The topological polar surface area (TPSA) is 95.3 Å². The van der Waals surface area contributed by atoms with Crippen molar-refractivity contribution in [2.45, 2.75) is 26.1 Å². The van der Waals surface area contributed by atoms with Gasteiger partial charge in [-0.1, -0.05) is 23.4 Å². The summed E-state index contributed by atoms with van der Waals surface area (Å²) in [4.78, 5) is 11.1.